The van der Waals surface area contributed by atoms with E-state index in [9.17, 15) is 0 Å². The summed E-state index contributed by atoms with van der Waals surface area (Å²) in [4.78, 5) is 6.90. The second-order valence-electron chi connectivity index (χ2n) is 5.59. The van der Waals surface area contributed by atoms with Gasteiger partial charge < -0.3 is 10.6 Å². The van der Waals surface area contributed by atoms with E-state index >= 15 is 0 Å². The topological polar surface area (TPSA) is 70.8 Å². The number of aromatic nitrogens is 3. The van der Waals surface area contributed by atoms with Crippen LogP contribution in [-0.4, -0.2) is 34.8 Å². The van der Waals surface area contributed by atoms with Crippen molar-refractivity contribution in [1.29, 1.82) is 0 Å². The molecule has 3 rings (SSSR count). The van der Waals surface area contributed by atoms with Crippen LogP contribution in [0.1, 0.15) is 18.4 Å². The molecule has 1 saturated heterocycles. The molecule has 1 aliphatic rings. The Morgan fingerprint density at radius 1 is 1.48 bits per heavy atom. The lowest BCUT2D eigenvalue weighted by Gasteiger charge is -2.31. The SMILES string of the molecule is Cc1c(Br)cccc1-c1nc(N2CCCC(CN)C2)n[nH]1. The summed E-state index contributed by atoms with van der Waals surface area (Å²) < 4.78 is 1.08. The molecule has 1 aliphatic heterocycles. The average Bonchev–Trinajstić information content (AvgIpc) is 3.00. The minimum Gasteiger partial charge on any atom is -0.339 e. The van der Waals surface area contributed by atoms with Crippen LogP contribution in [0.25, 0.3) is 11.4 Å². The fourth-order valence-corrected chi connectivity index (χ4v) is 3.18. The molecule has 5 nitrogen and oxygen atoms in total. The molecule has 1 fully saturated rings. The van der Waals surface area contributed by atoms with Gasteiger partial charge in [0.25, 0.3) is 0 Å². The first-order chi connectivity index (χ1) is 10.2. The van der Waals surface area contributed by atoms with Crippen molar-refractivity contribution in [3.63, 3.8) is 0 Å². The van der Waals surface area contributed by atoms with E-state index in [1.807, 2.05) is 12.1 Å². The molecule has 1 aromatic carbocycles. The Bertz CT molecular complexity index is 624. The van der Waals surface area contributed by atoms with Gasteiger partial charge in [-0.25, -0.2) is 0 Å². The van der Waals surface area contributed by atoms with E-state index in [0.29, 0.717) is 5.92 Å². The minimum atomic E-state index is 0.549. The highest BCUT2D eigenvalue weighted by Gasteiger charge is 2.22. The zero-order valence-electron chi connectivity index (χ0n) is 12.1. The van der Waals surface area contributed by atoms with Gasteiger partial charge in [0, 0.05) is 23.1 Å². The molecule has 0 saturated carbocycles. The molecule has 0 aliphatic carbocycles. The van der Waals surface area contributed by atoms with Gasteiger partial charge in [-0.1, -0.05) is 28.1 Å². The second kappa shape index (κ2) is 6.15. The maximum atomic E-state index is 5.80. The molecule has 21 heavy (non-hydrogen) atoms. The number of aromatic amines is 1. The third-order valence-corrected chi connectivity index (χ3v) is 4.99. The first-order valence-electron chi connectivity index (χ1n) is 7.32. The van der Waals surface area contributed by atoms with Crippen molar-refractivity contribution in [1.82, 2.24) is 15.2 Å². The maximum Gasteiger partial charge on any atom is 0.245 e. The van der Waals surface area contributed by atoms with Gasteiger partial charge in [-0.15, -0.1) is 5.10 Å². The average molecular weight is 350 g/mol. The summed E-state index contributed by atoms with van der Waals surface area (Å²) in [5.74, 6) is 2.15. The van der Waals surface area contributed by atoms with E-state index < -0.39 is 0 Å². The van der Waals surface area contributed by atoms with Gasteiger partial charge in [-0.3, -0.25) is 5.10 Å². The summed E-state index contributed by atoms with van der Waals surface area (Å²) in [7, 11) is 0. The second-order valence-corrected chi connectivity index (χ2v) is 6.44. The van der Waals surface area contributed by atoms with Crippen LogP contribution in [0.4, 0.5) is 5.95 Å². The fraction of sp³-hybridized carbons (Fsp3) is 0.467. The summed E-state index contributed by atoms with van der Waals surface area (Å²) in [5.41, 5.74) is 8.04. The highest BCUT2D eigenvalue weighted by atomic mass is 79.9. The van der Waals surface area contributed by atoms with Crippen molar-refractivity contribution >= 4 is 21.9 Å². The first-order valence-corrected chi connectivity index (χ1v) is 8.11. The van der Waals surface area contributed by atoms with Gasteiger partial charge in [0.05, 0.1) is 0 Å². The molecule has 0 amide bonds. The Morgan fingerprint density at radius 3 is 3.14 bits per heavy atom. The standard InChI is InChI=1S/C15H20BrN5/c1-10-12(5-2-6-13(10)16)14-18-15(20-19-14)21-7-3-4-11(8-17)9-21/h2,5-6,11H,3-4,7-9,17H2,1H3,(H,18,19,20). The summed E-state index contributed by atoms with van der Waals surface area (Å²) in [6.45, 7) is 4.77. The van der Waals surface area contributed by atoms with Crippen molar-refractivity contribution in [3.05, 3.63) is 28.2 Å². The molecule has 2 aromatic rings. The number of rotatable bonds is 3. The van der Waals surface area contributed by atoms with Crippen molar-refractivity contribution in [2.24, 2.45) is 11.7 Å². The third kappa shape index (κ3) is 2.96. The Morgan fingerprint density at radius 2 is 2.33 bits per heavy atom. The fourth-order valence-electron chi connectivity index (χ4n) is 2.82. The van der Waals surface area contributed by atoms with Crippen molar-refractivity contribution in [2.45, 2.75) is 19.8 Å². The molecule has 6 heteroatoms. The summed E-state index contributed by atoms with van der Waals surface area (Å²) in [6, 6.07) is 6.11. The van der Waals surface area contributed by atoms with E-state index in [2.05, 4.69) is 49.0 Å². The maximum absolute atomic E-state index is 5.80. The summed E-state index contributed by atoms with van der Waals surface area (Å²) >= 11 is 3.56. The minimum absolute atomic E-state index is 0.549. The Balaban J connectivity index is 1.85. The van der Waals surface area contributed by atoms with Crippen LogP contribution in [0.15, 0.2) is 22.7 Å². The molecule has 112 valence electrons. The van der Waals surface area contributed by atoms with Gasteiger partial charge in [0.1, 0.15) is 0 Å². The Labute approximate surface area is 133 Å². The van der Waals surface area contributed by atoms with Crippen LogP contribution in [-0.2, 0) is 0 Å². The highest BCUT2D eigenvalue weighted by Crippen LogP contribution is 2.28. The molecule has 0 spiro atoms. The van der Waals surface area contributed by atoms with Crippen LogP contribution in [0, 0.1) is 12.8 Å². The molecule has 0 radical (unpaired) electrons. The summed E-state index contributed by atoms with van der Waals surface area (Å²) in [5, 5.41) is 7.45. The molecule has 1 unspecified atom stereocenters. The smallest absolute Gasteiger partial charge is 0.245 e. The number of halogens is 1. The largest absolute Gasteiger partial charge is 0.339 e. The Hall–Kier alpha value is -1.40. The lowest BCUT2D eigenvalue weighted by atomic mass is 9.99. The predicted molar refractivity (Wildman–Crippen MR) is 88.2 cm³/mol. The number of piperidine rings is 1. The normalized spacial score (nSPS) is 19.0. The molecular formula is C15H20BrN5. The van der Waals surface area contributed by atoms with Crippen LogP contribution in [0.5, 0.6) is 0 Å². The molecule has 3 N–H and O–H groups in total. The van der Waals surface area contributed by atoms with Crippen molar-refractivity contribution in [3.8, 4) is 11.4 Å². The molecule has 2 heterocycles. The van der Waals surface area contributed by atoms with E-state index in [1.165, 1.54) is 12.0 Å². The van der Waals surface area contributed by atoms with E-state index in [4.69, 9.17) is 5.73 Å². The van der Waals surface area contributed by atoms with E-state index in [-0.39, 0.29) is 0 Å². The van der Waals surface area contributed by atoms with Gasteiger partial charge in [-0.05, 0) is 43.9 Å². The van der Waals surface area contributed by atoms with Crippen molar-refractivity contribution < 1.29 is 0 Å². The number of benzene rings is 1. The number of H-pyrrole nitrogens is 1. The van der Waals surface area contributed by atoms with Crippen molar-refractivity contribution in [2.75, 3.05) is 24.5 Å². The number of nitrogens with two attached hydrogens (primary N) is 1. The lowest BCUT2D eigenvalue weighted by Crippen LogP contribution is -2.38. The third-order valence-electron chi connectivity index (χ3n) is 4.13. The van der Waals surface area contributed by atoms with Crippen LogP contribution < -0.4 is 10.6 Å². The zero-order chi connectivity index (χ0) is 14.8. The van der Waals surface area contributed by atoms with Gasteiger partial charge in [0.2, 0.25) is 5.95 Å². The van der Waals surface area contributed by atoms with Gasteiger partial charge >= 0.3 is 0 Å². The summed E-state index contributed by atoms with van der Waals surface area (Å²) in [6.07, 6.45) is 2.36. The number of nitrogens with zero attached hydrogens (tertiary/aromatic N) is 3. The highest BCUT2D eigenvalue weighted by molar-refractivity contribution is 9.10. The number of hydrogen-bond donors (Lipinski definition) is 2. The predicted octanol–water partition coefficient (Wildman–Crippen LogP) is 2.72. The van der Waals surface area contributed by atoms with Gasteiger partial charge in [-0.2, -0.15) is 4.98 Å². The number of nitrogens with one attached hydrogen (secondary N) is 1. The quantitative estimate of drug-likeness (QED) is 0.893. The Kier molecular flexibility index (Phi) is 4.26. The monoisotopic (exact) mass is 349 g/mol. The first kappa shape index (κ1) is 14.5. The van der Waals surface area contributed by atoms with E-state index in [1.54, 1.807) is 0 Å². The van der Waals surface area contributed by atoms with Crippen LogP contribution in [0.2, 0.25) is 0 Å². The zero-order valence-corrected chi connectivity index (χ0v) is 13.7. The van der Waals surface area contributed by atoms with E-state index in [0.717, 1.165) is 47.9 Å². The molecule has 1 atom stereocenters. The molecule has 1 aromatic heterocycles. The molecule has 0 bridgehead atoms. The molecular weight excluding hydrogens is 330 g/mol. The lowest BCUT2D eigenvalue weighted by molar-refractivity contribution is 0.420. The number of anilines is 1. The number of hydrogen-bond acceptors (Lipinski definition) is 4. The van der Waals surface area contributed by atoms with Crippen LogP contribution >= 0.6 is 15.9 Å². The van der Waals surface area contributed by atoms with Gasteiger partial charge in [0.15, 0.2) is 5.82 Å². The van der Waals surface area contributed by atoms with Crippen LogP contribution in [0.3, 0.4) is 0 Å².